The Morgan fingerprint density at radius 3 is 2.75 bits per heavy atom. The van der Waals surface area contributed by atoms with Gasteiger partial charge in [0.15, 0.2) is 5.82 Å². The summed E-state index contributed by atoms with van der Waals surface area (Å²) < 4.78 is 5.33. The van der Waals surface area contributed by atoms with E-state index in [1.807, 2.05) is 12.1 Å². The number of piperidine rings is 1. The Morgan fingerprint density at radius 2 is 2.00 bits per heavy atom. The zero-order chi connectivity index (χ0) is 13.9. The summed E-state index contributed by atoms with van der Waals surface area (Å²) in [5, 5.41) is 8.53. The standard InChI is InChI=1S/C14H15Cl2N3O/c15-11-2-1-9(7-12(11)16)8-13-18-14(19-20-13)10-3-5-17-6-4-10/h1-2,7,10,17H,3-6,8H2. The maximum absolute atomic E-state index is 6.00. The first-order valence-electron chi connectivity index (χ1n) is 6.69. The third-order valence-corrected chi connectivity index (χ3v) is 4.27. The molecule has 0 saturated carbocycles. The van der Waals surface area contributed by atoms with E-state index in [9.17, 15) is 0 Å². The van der Waals surface area contributed by atoms with Crippen molar-refractivity contribution < 1.29 is 4.52 Å². The summed E-state index contributed by atoms with van der Waals surface area (Å²) in [4.78, 5) is 4.50. The lowest BCUT2D eigenvalue weighted by atomic mass is 9.98. The maximum Gasteiger partial charge on any atom is 0.231 e. The minimum absolute atomic E-state index is 0.405. The third kappa shape index (κ3) is 3.14. The zero-order valence-electron chi connectivity index (χ0n) is 10.9. The van der Waals surface area contributed by atoms with E-state index in [0.717, 1.165) is 37.3 Å². The van der Waals surface area contributed by atoms with Crippen molar-refractivity contribution in [2.75, 3.05) is 13.1 Å². The van der Waals surface area contributed by atoms with E-state index in [2.05, 4.69) is 15.5 Å². The molecule has 3 rings (SSSR count). The number of hydrogen-bond acceptors (Lipinski definition) is 4. The van der Waals surface area contributed by atoms with Crippen LogP contribution in [0.3, 0.4) is 0 Å². The van der Waals surface area contributed by atoms with E-state index in [4.69, 9.17) is 27.7 Å². The topological polar surface area (TPSA) is 51.0 Å². The van der Waals surface area contributed by atoms with Gasteiger partial charge in [0.1, 0.15) is 0 Å². The first kappa shape index (κ1) is 13.9. The molecule has 0 atom stereocenters. The number of rotatable bonds is 3. The Labute approximate surface area is 127 Å². The van der Waals surface area contributed by atoms with Crippen molar-refractivity contribution in [1.82, 2.24) is 15.5 Å². The highest BCUT2D eigenvalue weighted by molar-refractivity contribution is 6.42. The number of nitrogens with zero attached hydrogens (tertiary/aromatic N) is 2. The van der Waals surface area contributed by atoms with Crippen LogP contribution in [0.4, 0.5) is 0 Å². The van der Waals surface area contributed by atoms with Crippen molar-refractivity contribution in [3.8, 4) is 0 Å². The fourth-order valence-corrected chi connectivity index (χ4v) is 2.73. The Balaban J connectivity index is 1.71. The molecule has 1 aromatic carbocycles. The second kappa shape index (κ2) is 6.12. The summed E-state index contributed by atoms with van der Waals surface area (Å²) in [6.07, 6.45) is 2.70. The molecule has 6 heteroatoms. The van der Waals surface area contributed by atoms with Gasteiger partial charge in [-0.1, -0.05) is 34.4 Å². The van der Waals surface area contributed by atoms with Crippen LogP contribution < -0.4 is 5.32 Å². The predicted molar refractivity (Wildman–Crippen MR) is 78.4 cm³/mol. The normalized spacial score (nSPS) is 16.5. The van der Waals surface area contributed by atoms with Gasteiger partial charge in [-0.05, 0) is 43.6 Å². The molecule has 0 spiro atoms. The molecule has 4 nitrogen and oxygen atoms in total. The van der Waals surface area contributed by atoms with Crippen LogP contribution in [0.25, 0.3) is 0 Å². The molecule has 0 aliphatic carbocycles. The van der Waals surface area contributed by atoms with Crippen molar-refractivity contribution >= 4 is 23.2 Å². The van der Waals surface area contributed by atoms with Gasteiger partial charge in [-0.25, -0.2) is 0 Å². The van der Waals surface area contributed by atoms with E-state index in [-0.39, 0.29) is 0 Å². The molecule has 0 unspecified atom stereocenters. The number of hydrogen-bond donors (Lipinski definition) is 1. The van der Waals surface area contributed by atoms with Gasteiger partial charge in [-0.15, -0.1) is 0 Å². The predicted octanol–water partition coefficient (Wildman–Crippen LogP) is 3.43. The summed E-state index contributed by atoms with van der Waals surface area (Å²) in [5.74, 6) is 1.85. The van der Waals surface area contributed by atoms with Gasteiger partial charge in [-0.2, -0.15) is 4.98 Å². The van der Waals surface area contributed by atoms with Crippen LogP contribution in [0.2, 0.25) is 10.0 Å². The van der Waals surface area contributed by atoms with Gasteiger partial charge in [0.2, 0.25) is 5.89 Å². The number of aromatic nitrogens is 2. The van der Waals surface area contributed by atoms with E-state index < -0.39 is 0 Å². The summed E-state index contributed by atoms with van der Waals surface area (Å²) in [6, 6.07) is 5.53. The number of nitrogens with one attached hydrogen (secondary N) is 1. The average molecular weight is 312 g/mol. The lowest BCUT2D eigenvalue weighted by Crippen LogP contribution is -2.27. The Bertz CT molecular complexity index is 594. The van der Waals surface area contributed by atoms with E-state index in [1.54, 1.807) is 6.07 Å². The van der Waals surface area contributed by atoms with E-state index in [1.165, 1.54) is 0 Å². The highest BCUT2D eigenvalue weighted by Gasteiger charge is 2.20. The van der Waals surface area contributed by atoms with Crippen molar-refractivity contribution in [3.63, 3.8) is 0 Å². The van der Waals surface area contributed by atoms with Gasteiger partial charge in [0.05, 0.1) is 16.5 Å². The molecule has 0 amide bonds. The molecule has 0 radical (unpaired) electrons. The minimum atomic E-state index is 0.405. The Kier molecular flexibility index (Phi) is 4.24. The molecule has 0 bridgehead atoms. The first-order valence-corrected chi connectivity index (χ1v) is 7.45. The number of halogens is 2. The lowest BCUT2D eigenvalue weighted by molar-refractivity contribution is 0.365. The molecule has 1 saturated heterocycles. The summed E-state index contributed by atoms with van der Waals surface area (Å²) in [6.45, 7) is 2.03. The highest BCUT2D eigenvalue weighted by atomic mass is 35.5. The van der Waals surface area contributed by atoms with E-state index in [0.29, 0.717) is 28.3 Å². The molecule has 2 aromatic rings. The van der Waals surface area contributed by atoms with Crippen LogP contribution in [0, 0.1) is 0 Å². The number of benzene rings is 1. The van der Waals surface area contributed by atoms with Crippen molar-refractivity contribution in [2.45, 2.75) is 25.2 Å². The van der Waals surface area contributed by atoms with Crippen LogP contribution >= 0.6 is 23.2 Å². The molecule has 106 valence electrons. The first-order chi connectivity index (χ1) is 9.72. The summed E-state index contributed by atoms with van der Waals surface area (Å²) in [5.41, 5.74) is 1.01. The molecular formula is C14H15Cl2N3O. The maximum atomic E-state index is 6.00. The van der Waals surface area contributed by atoms with E-state index >= 15 is 0 Å². The molecule has 2 heterocycles. The second-order valence-corrected chi connectivity index (χ2v) is 5.81. The van der Waals surface area contributed by atoms with Gasteiger partial charge >= 0.3 is 0 Å². The van der Waals surface area contributed by atoms with Crippen LogP contribution in [-0.2, 0) is 6.42 Å². The Hall–Kier alpha value is -1.10. The van der Waals surface area contributed by atoms with Crippen molar-refractivity contribution in [1.29, 1.82) is 0 Å². The largest absolute Gasteiger partial charge is 0.339 e. The highest BCUT2D eigenvalue weighted by Crippen LogP contribution is 2.25. The fourth-order valence-electron chi connectivity index (χ4n) is 2.41. The van der Waals surface area contributed by atoms with Crippen molar-refractivity contribution in [3.05, 3.63) is 45.5 Å². The smallest absolute Gasteiger partial charge is 0.231 e. The van der Waals surface area contributed by atoms with Gasteiger partial charge in [-0.3, -0.25) is 0 Å². The van der Waals surface area contributed by atoms with Crippen LogP contribution in [-0.4, -0.2) is 23.2 Å². The third-order valence-electron chi connectivity index (χ3n) is 3.53. The average Bonchev–Trinajstić information content (AvgIpc) is 2.92. The van der Waals surface area contributed by atoms with Crippen LogP contribution in [0.5, 0.6) is 0 Å². The fraction of sp³-hybridized carbons (Fsp3) is 0.429. The molecule has 1 aliphatic rings. The van der Waals surface area contributed by atoms with Gasteiger partial charge in [0.25, 0.3) is 0 Å². The molecule has 1 aromatic heterocycles. The van der Waals surface area contributed by atoms with Gasteiger partial charge in [0, 0.05) is 5.92 Å². The molecule has 20 heavy (non-hydrogen) atoms. The lowest BCUT2D eigenvalue weighted by Gasteiger charge is -2.18. The Morgan fingerprint density at radius 1 is 1.20 bits per heavy atom. The molecule has 1 aliphatic heterocycles. The summed E-state index contributed by atoms with van der Waals surface area (Å²) >= 11 is 11.9. The molecular weight excluding hydrogens is 297 g/mol. The molecule has 1 fully saturated rings. The zero-order valence-corrected chi connectivity index (χ0v) is 12.4. The summed E-state index contributed by atoms with van der Waals surface area (Å²) in [7, 11) is 0. The SMILES string of the molecule is Clc1ccc(Cc2nc(C3CCNCC3)no2)cc1Cl. The van der Waals surface area contributed by atoms with Crippen LogP contribution in [0.1, 0.15) is 36.0 Å². The van der Waals surface area contributed by atoms with Gasteiger partial charge < -0.3 is 9.84 Å². The monoisotopic (exact) mass is 311 g/mol. The van der Waals surface area contributed by atoms with Crippen molar-refractivity contribution in [2.24, 2.45) is 0 Å². The second-order valence-electron chi connectivity index (χ2n) is 5.00. The minimum Gasteiger partial charge on any atom is -0.339 e. The quantitative estimate of drug-likeness (QED) is 0.943. The molecule has 1 N–H and O–H groups in total. The van der Waals surface area contributed by atoms with Crippen LogP contribution in [0.15, 0.2) is 22.7 Å².